The summed E-state index contributed by atoms with van der Waals surface area (Å²) < 4.78 is 4.72. The van der Waals surface area contributed by atoms with Gasteiger partial charge in [-0.15, -0.1) is 0 Å². The van der Waals surface area contributed by atoms with E-state index in [1.54, 1.807) is 0 Å². The molecule has 0 bridgehead atoms. The van der Waals surface area contributed by atoms with Crippen molar-refractivity contribution in [3.8, 4) is 0 Å². The average Bonchev–Trinajstić information content (AvgIpc) is 2.47. The van der Waals surface area contributed by atoms with Gasteiger partial charge in [0.05, 0.1) is 20.3 Å². The van der Waals surface area contributed by atoms with E-state index in [2.05, 4.69) is 12.4 Å². The minimum atomic E-state index is -0.315. The number of hydrogen-bond donors (Lipinski definition) is 1. The molecule has 0 saturated heterocycles. The van der Waals surface area contributed by atoms with Crippen LogP contribution in [-0.2, 0) is 21.0 Å². The molecule has 0 aliphatic heterocycles. The molecule has 0 aliphatic rings. The molecular weight excluding hydrogens is 242 g/mol. The Kier molecular flexibility index (Phi) is 7.54. The van der Waals surface area contributed by atoms with Crippen molar-refractivity contribution in [1.29, 1.82) is 0 Å². The molecule has 0 saturated carbocycles. The topological polar surface area (TPSA) is 47.6 Å². The Bertz CT molecular complexity index is 401. The minimum Gasteiger partial charge on any atom is -0.466 e. The van der Waals surface area contributed by atoms with Crippen LogP contribution in [0.2, 0.25) is 0 Å². The van der Waals surface area contributed by atoms with E-state index in [1.165, 1.54) is 7.11 Å². The normalized spacial score (nSPS) is 11.4. The van der Waals surface area contributed by atoms with Crippen molar-refractivity contribution in [2.45, 2.75) is 26.4 Å². The van der Waals surface area contributed by atoms with Crippen LogP contribution < -0.4 is 5.48 Å². The molecule has 0 fully saturated rings. The number of carbonyl (C=O) groups excluding carboxylic acids is 1. The number of esters is 1. The number of rotatable bonds is 8. The zero-order valence-corrected chi connectivity index (χ0v) is 11.5. The molecule has 104 valence electrons. The smallest absolute Gasteiger partial charge is 0.334 e. The molecule has 1 rings (SSSR count). The Labute approximate surface area is 114 Å². The van der Waals surface area contributed by atoms with E-state index in [4.69, 9.17) is 9.57 Å². The monoisotopic (exact) mass is 263 g/mol. The highest BCUT2D eigenvalue weighted by atomic mass is 16.6. The highest BCUT2D eigenvalue weighted by Crippen LogP contribution is 2.02. The Balaban J connectivity index is 2.34. The first kappa shape index (κ1) is 15.4. The summed E-state index contributed by atoms with van der Waals surface area (Å²) in [5.74, 6) is -0.315. The molecule has 1 N–H and O–H groups in total. The van der Waals surface area contributed by atoms with Crippen LogP contribution in [0.15, 0.2) is 42.0 Å². The van der Waals surface area contributed by atoms with Crippen LogP contribution in [0.4, 0.5) is 0 Å². The van der Waals surface area contributed by atoms with Crippen LogP contribution in [0, 0.1) is 0 Å². The van der Waals surface area contributed by atoms with E-state index in [1.807, 2.05) is 36.4 Å². The number of hydroxylamine groups is 1. The highest BCUT2D eigenvalue weighted by molar-refractivity contribution is 5.88. The van der Waals surface area contributed by atoms with Gasteiger partial charge in [-0.3, -0.25) is 4.84 Å². The molecule has 0 amide bonds. The lowest BCUT2D eigenvalue weighted by Gasteiger charge is -2.08. The molecular formula is C15H21NO3. The van der Waals surface area contributed by atoms with Gasteiger partial charge >= 0.3 is 5.97 Å². The van der Waals surface area contributed by atoms with Crippen LogP contribution >= 0.6 is 0 Å². The second-order valence-corrected chi connectivity index (χ2v) is 4.11. The van der Waals surface area contributed by atoms with Crippen LogP contribution in [-0.4, -0.2) is 19.6 Å². The third-order valence-corrected chi connectivity index (χ3v) is 2.57. The second kappa shape index (κ2) is 9.30. The van der Waals surface area contributed by atoms with Crippen molar-refractivity contribution >= 4 is 5.97 Å². The first-order valence-electron chi connectivity index (χ1n) is 6.43. The average molecular weight is 263 g/mol. The zero-order chi connectivity index (χ0) is 13.9. The number of nitrogens with one attached hydrogen (secondary N) is 1. The van der Waals surface area contributed by atoms with Crippen molar-refractivity contribution in [2.75, 3.05) is 13.7 Å². The van der Waals surface area contributed by atoms with Crippen LogP contribution in [0.5, 0.6) is 0 Å². The van der Waals surface area contributed by atoms with E-state index in [0.29, 0.717) is 18.7 Å². The van der Waals surface area contributed by atoms with Crippen LogP contribution in [0.1, 0.15) is 25.3 Å². The lowest BCUT2D eigenvalue weighted by molar-refractivity contribution is -0.136. The zero-order valence-electron chi connectivity index (χ0n) is 11.5. The van der Waals surface area contributed by atoms with E-state index >= 15 is 0 Å². The number of allylic oxidation sites excluding steroid dienone is 1. The maximum absolute atomic E-state index is 11.5. The number of ether oxygens (including phenoxy) is 1. The molecule has 0 aliphatic carbocycles. The Hall–Kier alpha value is -1.65. The Morgan fingerprint density at radius 1 is 1.32 bits per heavy atom. The minimum absolute atomic E-state index is 0.315. The van der Waals surface area contributed by atoms with Gasteiger partial charge in [0.25, 0.3) is 0 Å². The SMILES string of the molecule is CCC/C=C(\CNOCc1ccccc1)C(=O)OC. The largest absolute Gasteiger partial charge is 0.466 e. The summed E-state index contributed by atoms with van der Waals surface area (Å²) >= 11 is 0. The summed E-state index contributed by atoms with van der Waals surface area (Å²) in [7, 11) is 1.38. The number of hydrogen-bond acceptors (Lipinski definition) is 4. The van der Waals surface area contributed by atoms with Gasteiger partial charge in [-0.1, -0.05) is 49.8 Å². The third kappa shape index (κ3) is 6.18. The predicted molar refractivity (Wildman–Crippen MR) is 74.2 cm³/mol. The maximum Gasteiger partial charge on any atom is 0.334 e. The molecule has 4 nitrogen and oxygen atoms in total. The van der Waals surface area contributed by atoms with Gasteiger partial charge in [-0.25, -0.2) is 4.79 Å². The van der Waals surface area contributed by atoms with E-state index in [0.717, 1.165) is 18.4 Å². The van der Waals surface area contributed by atoms with Gasteiger partial charge in [0.15, 0.2) is 0 Å². The number of unbranched alkanes of at least 4 members (excludes halogenated alkanes) is 1. The van der Waals surface area contributed by atoms with Gasteiger partial charge < -0.3 is 4.74 Å². The molecule has 0 spiro atoms. The predicted octanol–water partition coefficient (Wildman–Crippen LogP) is 2.61. The molecule has 0 unspecified atom stereocenters. The fraction of sp³-hybridized carbons (Fsp3) is 0.400. The maximum atomic E-state index is 11.5. The van der Waals surface area contributed by atoms with Crippen molar-refractivity contribution < 1.29 is 14.4 Å². The molecule has 19 heavy (non-hydrogen) atoms. The van der Waals surface area contributed by atoms with E-state index in [-0.39, 0.29) is 5.97 Å². The molecule has 1 aromatic carbocycles. The Morgan fingerprint density at radius 3 is 2.68 bits per heavy atom. The molecule has 0 atom stereocenters. The number of methoxy groups -OCH3 is 1. The van der Waals surface area contributed by atoms with E-state index in [9.17, 15) is 4.79 Å². The van der Waals surface area contributed by atoms with Gasteiger partial charge in [0.1, 0.15) is 0 Å². The summed E-state index contributed by atoms with van der Waals surface area (Å²) in [4.78, 5) is 16.8. The fourth-order valence-corrected chi connectivity index (χ4v) is 1.51. The van der Waals surface area contributed by atoms with Crippen LogP contribution in [0.3, 0.4) is 0 Å². The van der Waals surface area contributed by atoms with Gasteiger partial charge in [0.2, 0.25) is 0 Å². The summed E-state index contributed by atoms with van der Waals surface area (Å²) in [6.07, 6.45) is 3.72. The summed E-state index contributed by atoms with van der Waals surface area (Å²) in [6.45, 7) is 2.87. The first-order valence-corrected chi connectivity index (χ1v) is 6.43. The van der Waals surface area contributed by atoms with Gasteiger partial charge in [0, 0.05) is 5.57 Å². The van der Waals surface area contributed by atoms with Crippen LogP contribution in [0.25, 0.3) is 0 Å². The van der Waals surface area contributed by atoms with Crippen molar-refractivity contribution in [3.63, 3.8) is 0 Å². The van der Waals surface area contributed by atoms with Gasteiger partial charge in [-0.05, 0) is 12.0 Å². The Morgan fingerprint density at radius 2 is 2.05 bits per heavy atom. The third-order valence-electron chi connectivity index (χ3n) is 2.57. The molecule has 1 aromatic rings. The van der Waals surface area contributed by atoms with E-state index < -0.39 is 0 Å². The number of carbonyl (C=O) groups is 1. The number of benzene rings is 1. The second-order valence-electron chi connectivity index (χ2n) is 4.11. The van der Waals surface area contributed by atoms with Crippen molar-refractivity contribution in [2.24, 2.45) is 0 Å². The van der Waals surface area contributed by atoms with Crippen molar-refractivity contribution in [3.05, 3.63) is 47.5 Å². The first-order chi connectivity index (χ1) is 9.27. The highest BCUT2D eigenvalue weighted by Gasteiger charge is 2.08. The molecule has 4 heteroatoms. The molecule has 0 aromatic heterocycles. The summed E-state index contributed by atoms with van der Waals surface area (Å²) in [5, 5.41) is 0. The summed E-state index contributed by atoms with van der Waals surface area (Å²) in [5.41, 5.74) is 4.46. The molecule has 0 radical (unpaired) electrons. The van der Waals surface area contributed by atoms with Gasteiger partial charge in [-0.2, -0.15) is 5.48 Å². The molecule has 0 heterocycles. The summed E-state index contributed by atoms with van der Waals surface area (Å²) in [6, 6.07) is 9.84. The van der Waals surface area contributed by atoms with Crippen molar-refractivity contribution in [1.82, 2.24) is 5.48 Å². The lowest BCUT2D eigenvalue weighted by Crippen LogP contribution is -2.22. The standard InChI is InChI=1S/C15H21NO3/c1-3-4-10-14(15(17)18-2)11-16-19-12-13-8-6-5-7-9-13/h5-10,16H,3-4,11-12H2,1-2H3/b14-10+. The quantitative estimate of drug-likeness (QED) is 0.339. The fourth-order valence-electron chi connectivity index (χ4n) is 1.51. The lowest BCUT2D eigenvalue weighted by atomic mass is 10.2.